The molecule has 0 radical (unpaired) electrons. The Morgan fingerprint density at radius 3 is 2.93 bits per heavy atom. The predicted molar refractivity (Wildman–Crippen MR) is 110 cm³/mol. The van der Waals surface area contributed by atoms with Crippen molar-refractivity contribution in [3.8, 4) is 0 Å². The molecule has 3 atom stereocenters. The Kier molecular flexibility index (Phi) is 5.24. The summed E-state index contributed by atoms with van der Waals surface area (Å²) in [6.45, 7) is 6.95. The van der Waals surface area contributed by atoms with E-state index in [1.165, 1.54) is 36.2 Å². The van der Waals surface area contributed by atoms with Crippen molar-refractivity contribution in [2.75, 3.05) is 32.8 Å². The number of carbonyl (C=O) groups excluding carboxylic acids is 1. The fourth-order valence-electron chi connectivity index (χ4n) is 5.63. The molecule has 5 rings (SSSR count). The molecule has 154 valence electrons. The summed E-state index contributed by atoms with van der Waals surface area (Å²) in [4.78, 5) is 17.3. The van der Waals surface area contributed by atoms with Gasteiger partial charge in [0.25, 0.3) is 5.91 Å². The number of nitrogens with zero attached hydrogens (tertiary/aromatic N) is 1. The molecule has 5 nitrogen and oxygen atoms in total. The molecule has 0 aliphatic carbocycles. The summed E-state index contributed by atoms with van der Waals surface area (Å²) < 4.78 is 12.4. The third-order valence-corrected chi connectivity index (χ3v) is 8.35. The van der Waals surface area contributed by atoms with Crippen LogP contribution in [0.2, 0.25) is 0 Å². The zero-order valence-corrected chi connectivity index (χ0v) is 17.7. The summed E-state index contributed by atoms with van der Waals surface area (Å²) in [5.41, 5.74) is 1.13. The summed E-state index contributed by atoms with van der Waals surface area (Å²) in [6, 6.07) is 2.13. The number of hydrogen-bond donors (Lipinski definition) is 1. The molecule has 4 aliphatic heterocycles. The van der Waals surface area contributed by atoms with Crippen LogP contribution in [0, 0.1) is 5.92 Å². The third kappa shape index (κ3) is 3.42. The van der Waals surface area contributed by atoms with Crippen LogP contribution in [0.25, 0.3) is 0 Å². The number of nitrogens with one attached hydrogen (secondary N) is 1. The van der Waals surface area contributed by atoms with E-state index in [-0.39, 0.29) is 11.5 Å². The normalized spacial score (nSPS) is 31.2. The molecular formula is C22H32N2O3S. The van der Waals surface area contributed by atoms with Gasteiger partial charge in [-0.25, -0.2) is 0 Å². The van der Waals surface area contributed by atoms with Crippen LogP contribution in [-0.4, -0.2) is 55.8 Å². The van der Waals surface area contributed by atoms with Crippen molar-refractivity contribution >= 4 is 17.2 Å². The van der Waals surface area contributed by atoms with Crippen LogP contribution < -0.4 is 5.32 Å². The van der Waals surface area contributed by atoms with Crippen molar-refractivity contribution in [3.05, 3.63) is 21.4 Å². The third-order valence-electron chi connectivity index (χ3n) is 7.15. The van der Waals surface area contributed by atoms with Gasteiger partial charge in [-0.05, 0) is 50.2 Å². The number of likely N-dealkylation sites (tertiary alicyclic amines) is 1. The number of piperidine rings is 1. The van der Waals surface area contributed by atoms with Crippen LogP contribution in [0.5, 0.6) is 0 Å². The molecule has 28 heavy (non-hydrogen) atoms. The zero-order chi connectivity index (χ0) is 19.1. The second kappa shape index (κ2) is 7.71. The lowest BCUT2D eigenvalue weighted by Gasteiger charge is -2.44. The summed E-state index contributed by atoms with van der Waals surface area (Å²) in [5.74, 6) is 0.802. The van der Waals surface area contributed by atoms with E-state index in [0.29, 0.717) is 12.2 Å². The number of thiophene rings is 1. The first kappa shape index (κ1) is 19.0. The van der Waals surface area contributed by atoms with Crippen molar-refractivity contribution in [3.63, 3.8) is 0 Å². The number of fused-ring (bicyclic) bond motifs is 4. The molecular weight excluding hydrogens is 372 g/mol. The molecule has 6 heteroatoms. The van der Waals surface area contributed by atoms with Crippen LogP contribution in [0.4, 0.5) is 0 Å². The lowest BCUT2D eigenvalue weighted by Crippen LogP contribution is -2.48. The van der Waals surface area contributed by atoms with Crippen LogP contribution in [0.3, 0.4) is 0 Å². The van der Waals surface area contributed by atoms with Crippen LogP contribution in [0.1, 0.15) is 65.6 Å². The van der Waals surface area contributed by atoms with Crippen molar-refractivity contribution in [1.29, 1.82) is 0 Å². The molecule has 1 aromatic heterocycles. The molecule has 2 bridgehead atoms. The summed E-state index contributed by atoms with van der Waals surface area (Å²) >= 11 is 1.67. The Bertz CT molecular complexity index is 725. The summed E-state index contributed by atoms with van der Waals surface area (Å²) in [6.07, 6.45) is 8.82. The van der Waals surface area contributed by atoms with Crippen molar-refractivity contribution in [1.82, 2.24) is 10.2 Å². The number of rotatable bonds is 5. The van der Waals surface area contributed by atoms with E-state index in [0.717, 1.165) is 62.7 Å². The van der Waals surface area contributed by atoms with E-state index in [4.69, 9.17) is 9.47 Å². The van der Waals surface area contributed by atoms with Crippen molar-refractivity contribution in [2.45, 2.75) is 69.7 Å². The van der Waals surface area contributed by atoms with Gasteiger partial charge in [-0.3, -0.25) is 4.79 Å². The van der Waals surface area contributed by atoms with Crippen molar-refractivity contribution in [2.24, 2.45) is 5.92 Å². The number of hydrogen-bond acceptors (Lipinski definition) is 5. The number of ether oxygens (including phenoxy) is 2. The fraction of sp³-hybridized carbons (Fsp3) is 0.773. The zero-order valence-electron chi connectivity index (χ0n) is 16.9. The van der Waals surface area contributed by atoms with E-state index in [1.54, 1.807) is 11.3 Å². The molecule has 1 amide bonds. The average molecular weight is 405 g/mol. The van der Waals surface area contributed by atoms with E-state index < -0.39 is 0 Å². The lowest BCUT2D eigenvalue weighted by atomic mass is 9.81. The van der Waals surface area contributed by atoms with Crippen molar-refractivity contribution < 1.29 is 14.3 Å². The van der Waals surface area contributed by atoms with Gasteiger partial charge in [0.1, 0.15) is 0 Å². The molecule has 5 heterocycles. The maximum Gasteiger partial charge on any atom is 0.261 e. The molecule has 0 saturated carbocycles. The van der Waals surface area contributed by atoms with Gasteiger partial charge >= 0.3 is 0 Å². The maximum absolute atomic E-state index is 12.4. The second-order valence-corrected chi connectivity index (χ2v) is 10.1. The predicted octanol–water partition coefficient (Wildman–Crippen LogP) is 3.32. The Balaban J connectivity index is 1.25. The number of carbonyl (C=O) groups is 1. The molecule has 0 aromatic carbocycles. The lowest BCUT2D eigenvalue weighted by molar-refractivity contribution is -0.0989. The minimum absolute atomic E-state index is 0.0742. The highest BCUT2D eigenvalue weighted by molar-refractivity contribution is 7.14. The smallest absolute Gasteiger partial charge is 0.261 e. The van der Waals surface area contributed by atoms with Gasteiger partial charge in [0.15, 0.2) is 0 Å². The highest BCUT2D eigenvalue weighted by Gasteiger charge is 2.45. The SMILES string of the molecule is CCCNC(=O)c1cc2c(s1)CCOC21CCN(C[C@H]2C[C@@H]3CC[C@H]2O3)CC1. The fourth-order valence-corrected chi connectivity index (χ4v) is 6.78. The molecule has 4 aliphatic rings. The van der Waals surface area contributed by atoms with E-state index in [9.17, 15) is 4.79 Å². The van der Waals surface area contributed by atoms with Gasteiger partial charge in [-0.2, -0.15) is 0 Å². The Labute approximate surface area is 171 Å². The Morgan fingerprint density at radius 2 is 2.21 bits per heavy atom. The highest BCUT2D eigenvalue weighted by Crippen LogP contribution is 2.45. The molecule has 3 fully saturated rings. The first-order valence-electron chi connectivity index (χ1n) is 11.1. The topological polar surface area (TPSA) is 50.8 Å². The minimum Gasteiger partial charge on any atom is -0.375 e. The van der Waals surface area contributed by atoms with E-state index in [1.807, 2.05) is 0 Å². The quantitative estimate of drug-likeness (QED) is 0.818. The monoisotopic (exact) mass is 404 g/mol. The average Bonchev–Trinajstić information content (AvgIpc) is 3.44. The van der Waals surface area contributed by atoms with Crippen LogP contribution in [-0.2, 0) is 21.5 Å². The molecule has 1 N–H and O–H groups in total. The highest BCUT2D eigenvalue weighted by atomic mass is 32.1. The first-order chi connectivity index (χ1) is 13.7. The molecule has 1 aromatic rings. The standard InChI is InChI=1S/C22H32N2O3S/c1-2-8-23-21(25)20-13-17-19(28-20)5-11-26-22(17)6-9-24(10-7-22)14-15-12-16-3-4-18(15)27-16/h13,15-16,18H,2-12,14H2,1H3,(H,23,25)/t15-,16+,18-/m1/s1. The van der Waals surface area contributed by atoms with Crippen LogP contribution in [0.15, 0.2) is 6.07 Å². The van der Waals surface area contributed by atoms with Crippen LogP contribution >= 0.6 is 11.3 Å². The summed E-state index contributed by atoms with van der Waals surface area (Å²) in [5, 5.41) is 3.02. The minimum atomic E-state index is -0.172. The van der Waals surface area contributed by atoms with Gasteiger partial charge < -0.3 is 19.7 Å². The van der Waals surface area contributed by atoms with E-state index >= 15 is 0 Å². The first-order valence-corrected chi connectivity index (χ1v) is 11.9. The van der Waals surface area contributed by atoms with Gasteiger partial charge in [0.05, 0.1) is 29.3 Å². The Hall–Kier alpha value is -0.950. The molecule has 3 saturated heterocycles. The van der Waals surface area contributed by atoms with E-state index in [2.05, 4.69) is 23.2 Å². The largest absolute Gasteiger partial charge is 0.375 e. The molecule has 1 spiro atoms. The maximum atomic E-state index is 12.4. The van der Waals surface area contributed by atoms with Gasteiger partial charge in [-0.15, -0.1) is 11.3 Å². The number of amides is 1. The second-order valence-electron chi connectivity index (χ2n) is 8.97. The van der Waals surface area contributed by atoms with Gasteiger partial charge in [-0.1, -0.05) is 6.92 Å². The van der Waals surface area contributed by atoms with Gasteiger partial charge in [0, 0.05) is 43.4 Å². The summed E-state index contributed by atoms with van der Waals surface area (Å²) in [7, 11) is 0. The van der Waals surface area contributed by atoms with Gasteiger partial charge in [0.2, 0.25) is 0 Å². The Morgan fingerprint density at radius 1 is 1.36 bits per heavy atom. The molecule has 0 unspecified atom stereocenters.